The molecule has 0 aliphatic carbocycles. The number of hydrogen-bond acceptors (Lipinski definition) is 4. The number of hydrogen-bond donors (Lipinski definition) is 2. The number of rotatable bonds is 6. The van der Waals surface area contributed by atoms with Crippen molar-refractivity contribution in [3.8, 4) is 0 Å². The van der Waals surface area contributed by atoms with Gasteiger partial charge in [0.15, 0.2) is 0 Å². The Morgan fingerprint density at radius 1 is 1.60 bits per heavy atom. The van der Waals surface area contributed by atoms with E-state index in [0.29, 0.717) is 6.61 Å². The van der Waals surface area contributed by atoms with Gasteiger partial charge in [-0.1, -0.05) is 0 Å². The Kier molecular flexibility index (Phi) is 4.73. The lowest BCUT2D eigenvalue weighted by Gasteiger charge is -2.33. The third kappa shape index (κ3) is 3.57. The Morgan fingerprint density at radius 2 is 2.33 bits per heavy atom. The normalized spacial score (nSPS) is 14.1. The van der Waals surface area contributed by atoms with Crippen molar-refractivity contribution < 1.29 is 4.74 Å². The molecule has 0 saturated heterocycles. The van der Waals surface area contributed by atoms with Crippen LogP contribution >= 0.6 is 11.3 Å². The van der Waals surface area contributed by atoms with Crippen molar-refractivity contribution in [1.82, 2.24) is 5.43 Å². The van der Waals surface area contributed by atoms with Gasteiger partial charge in [0.2, 0.25) is 0 Å². The first-order valence-electron chi connectivity index (χ1n) is 5.21. The minimum absolute atomic E-state index is 0.132. The highest BCUT2D eigenvalue weighted by Gasteiger charge is 2.29. The number of nitrogens with one attached hydrogen (secondary N) is 1. The van der Waals surface area contributed by atoms with Gasteiger partial charge in [0.1, 0.15) is 0 Å². The van der Waals surface area contributed by atoms with Gasteiger partial charge in [0.05, 0.1) is 11.6 Å². The maximum atomic E-state index is 5.69. The van der Waals surface area contributed by atoms with E-state index in [1.54, 1.807) is 11.3 Å². The monoisotopic (exact) mass is 228 g/mol. The van der Waals surface area contributed by atoms with Crippen molar-refractivity contribution in [1.29, 1.82) is 0 Å². The van der Waals surface area contributed by atoms with Crippen LogP contribution in [0.2, 0.25) is 0 Å². The van der Waals surface area contributed by atoms with Crippen LogP contribution in [0.3, 0.4) is 0 Å². The van der Waals surface area contributed by atoms with Crippen molar-refractivity contribution in [2.45, 2.75) is 38.8 Å². The van der Waals surface area contributed by atoms with Crippen LogP contribution in [0.15, 0.2) is 16.8 Å². The quantitative estimate of drug-likeness (QED) is 0.578. The molecule has 0 bridgehead atoms. The SMILES string of the molecule is CCOC(C)(C)C(Cc1ccsc1)NN. The molecule has 1 unspecified atom stereocenters. The lowest BCUT2D eigenvalue weighted by Crippen LogP contribution is -2.52. The maximum absolute atomic E-state index is 5.69. The van der Waals surface area contributed by atoms with Gasteiger partial charge in [-0.25, -0.2) is 0 Å². The van der Waals surface area contributed by atoms with Crippen LogP contribution in [0.5, 0.6) is 0 Å². The van der Waals surface area contributed by atoms with E-state index in [4.69, 9.17) is 10.6 Å². The molecule has 1 aromatic heterocycles. The number of ether oxygens (including phenoxy) is 1. The van der Waals surface area contributed by atoms with E-state index in [0.717, 1.165) is 6.42 Å². The summed E-state index contributed by atoms with van der Waals surface area (Å²) >= 11 is 1.71. The molecule has 15 heavy (non-hydrogen) atoms. The smallest absolute Gasteiger partial charge is 0.0795 e. The Hall–Kier alpha value is -0.420. The minimum atomic E-state index is -0.245. The van der Waals surface area contributed by atoms with Crippen LogP contribution in [-0.2, 0) is 11.2 Å². The van der Waals surface area contributed by atoms with Gasteiger partial charge >= 0.3 is 0 Å². The van der Waals surface area contributed by atoms with E-state index in [9.17, 15) is 0 Å². The lowest BCUT2D eigenvalue weighted by molar-refractivity contribution is -0.0380. The summed E-state index contributed by atoms with van der Waals surface area (Å²) in [5, 5.41) is 4.23. The molecule has 0 fully saturated rings. The van der Waals surface area contributed by atoms with Crippen LogP contribution in [0, 0.1) is 0 Å². The second-order valence-corrected chi connectivity index (χ2v) is 4.87. The fourth-order valence-corrected chi connectivity index (χ4v) is 2.30. The topological polar surface area (TPSA) is 47.3 Å². The van der Waals surface area contributed by atoms with Crippen molar-refractivity contribution in [3.63, 3.8) is 0 Å². The highest BCUT2D eigenvalue weighted by atomic mass is 32.1. The van der Waals surface area contributed by atoms with E-state index in [2.05, 4.69) is 36.1 Å². The van der Waals surface area contributed by atoms with Gasteiger partial charge in [-0.3, -0.25) is 11.3 Å². The van der Waals surface area contributed by atoms with Gasteiger partial charge < -0.3 is 4.74 Å². The van der Waals surface area contributed by atoms with Crippen molar-refractivity contribution in [2.24, 2.45) is 5.84 Å². The summed E-state index contributed by atoms with van der Waals surface area (Å²) < 4.78 is 5.69. The fourth-order valence-electron chi connectivity index (χ4n) is 1.62. The highest BCUT2D eigenvalue weighted by molar-refractivity contribution is 7.07. The Morgan fingerprint density at radius 3 is 2.80 bits per heavy atom. The molecule has 4 heteroatoms. The molecule has 0 spiro atoms. The largest absolute Gasteiger partial charge is 0.374 e. The molecule has 86 valence electrons. The standard InChI is InChI=1S/C11H20N2OS/c1-4-14-11(2,3)10(13-12)7-9-5-6-15-8-9/h5-6,8,10,13H,4,7,12H2,1-3H3. The lowest BCUT2D eigenvalue weighted by atomic mass is 9.94. The molecule has 0 radical (unpaired) electrons. The van der Waals surface area contributed by atoms with Crippen molar-refractivity contribution in [3.05, 3.63) is 22.4 Å². The fraction of sp³-hybridized carbons (Fsp3) is 0.636. The van der Waals surface area contributed by atoms with E-state index in [1.165, 1.54) is 5.56 Å². The van der Waals surface area contributed by atoms with Crippen LogP contribution in [0.4, 0.5) is 0 Å². The molecule has 0 aliphatic rings. The second kappa shape index (κ2) is 5.61. The average molecular weight is 228 g/mol. The molecule has 0 saturated carbocycles. The van der Waals surface area contributed by atoms with Gasteiger partial charge in [0, 0.05) is 6.61 Å². The Balaban J connectivity index is 2.62. The summed E-state index contributed by atoms with van der Waals surface area (Å²) in [5.74, 6) is 5.58. The molecule has 0 amide bonds. The third-order valence-corrected chi connectivity index (χ3v) is 3.31. The van der Waals surface area contributed by atoms with E-state index < -0.39 is 0 Å². The molecular weight excluding hydrogens is 208 g/mol. The number of hydrazine groups is 1. The molecule has 1 aromatic rings. The predicted molar refractivity (Wildman–Crippen MR) is 64.8 cm³/mol. The second-order valence-electron chi connectivity index (χ2n) is 4.09. The first-order valence-corrected chi connectivity index (χ1v) is 6.15. The molecule has 0 aromatic carbocycles. The zero-order valence-electron chi connectivity index (χ0n) is 9.62. The summed E-state index contributed by atoms with van der Waals surface area (Å²) in [6.07, 6.45) is 0.896. The highest BCUT2D eigenvalue weighted by Crippen LogP contribution is 2.19. The summed E-state index contributed by atoms with van der Waals surface area (Å²) in [6.45, 7) is 6.83. The van der Waals surface area contributed by atoms with Crippen LogP contribution in [-0.4, -0.2) is 18.2 Å². The predicted octanol–water partition coefficient (Wildman–Crippen LogP) is 1.94. The van der Waals surface area contributed by atoms with Crippen LogP contribution < -0.4 is 11.3 Å². The minimum Gasteiger partial charge on any atom is -0.374 e. The van der Waals surface area contributed by atoms with E-state index in [1.807, 2.05) is 6.92 Å². The molecular formula is C11H20N2OS. The Bertz CT molecular complexity index is 272. The van der Waals surface area contributed by atoms with Gasteiger partial charge in [-0.15, -0.1) is 0 Å². The molecule has 0 aliphatic heterocycles. The first-order chi connectivity index (χ1) is 7.10. The summed E-state index contributed by atoms with van der Waals surface area (Å²) in [7, 11) is 0. The van der Waals surface area contributed by atoms with Crippen LogP contribution in [0.25, 0.3) is 0 Å². The van der Waals surface area contributed by atoms with E-state index in [-0.39, 0.29) is 11.6 Å². The molecule has 1 heterocycles. The number of thiophene rings is 1. The average Bonchev–Trinajstić information content (AvgIpc) is 2.66. The first kappa shape index (κ1) is 12.6. The van der Waals surface area contributed by atoms with E-state index >= 15 is 0 Å². The van der Waals surface area contributed by atoms with Gasteiger partial charge in [0.25, 0.3) is 0 Å². The summed E-state index contributed by atoms with van der Waals surface area (Å²) in [5.41, 5.74) is 3.90. The molecule has 3 nitrogen and oxygen atoms in total. The van der Waals surface area contributed by atoms with Crippen molar-refractivity contribution in [2.75, 3.05) is 6.61 Å². The number of nitrogens with two attached hydrogens (primary N) is 1. The van der Waals surface area contributed by atoms with Crippen molar-refractivity contribution >= 4 is 11.3 Å². The van der Waals surface area contributed by atoms with Crippen LogP contribution in [0.1, 0.15) is 26.3 Å². The van der Waals surface area contributed by atoms with Gasteiger partial charge in [-0.05, 0) is 49.6 Å². The molecule has 3 N–H and O–H groups in total. The molecule has 1 rings (SSSR count). The third-order valence-electron chi connectivity index (χ3n) is 2.58. The maximum Gasteiger partial charge on any atom is 0.0795 e. The van der Waals surface area contributed by atoms with Gasteiger partial charge in [-0.2, -0.15) is 11.3 Å². The summed E-state index contributed by atoms with van der Waals surface area (Å²) in [4.78, 5) is 0. The summed E-state index contributed by atoms with van der Waals surface area (Å²) in [6, 6.07) is 2.25. The zero-order chi connectivity index (χ0) is 11.3. The molecule has 1 atom stereocenters. The Labute approximate surface area is 95.6 Å². The zero-order valence-corrected chi connectivity index (χ0v) is 10.4.